The van der Waals surface area contributed by atoms with Crippen molar-refractivity contribution >= 4 is 12.1 Å². The summed E-state index contributed by atoms with van der Waals surface area (Å²) in [5, 5.41) is 0. The maximum atomic E-state index is 12.7. The lowest BCUT2D eigenvalue weighted by Crippen LogP contribution is -2.67. The zero-order valence-electron chi connectivity index (χ0n) is 19.9. The van der Waals surface area contributed by atoms with Gasteiger partial charge in [0.1, 0.15) is 24.9 Å². The summed E-state index contributed by atoms with van der Waals surface area (Å²) in [6.45, 7) is 9.99. The summed E-state index contributed by atoms with van der Waals surface area (Å²) < 4.78 is 35.3. The Hall–Kier alpha value is -1.64. The molecule has 0 amide bonds. The van der Waals surface area contributed by atoms with Crippen molar-refractivity contribution in [3.05, 3.63) is 11.1 Å². The third kappa shape index (κ3) is 2.69. The number of carbonyl (C=O) groups excluding carboxylic acids is 2. The molecule has 3 aliphatic carbocycles. The van der Waals surface area contributed by atoms with Crippen molar-refractivity contribution in [2.45, 2.75) is 82.9 Å². The van der Waals surface area contributed by atoms with E-state index in [1.807, 2.05) is 6.92 Å². The van der Waals surface area contributed by atoms with Crippen LogP contribution in [0, 0.1) is 23.2 Å². The van der Waals surface area contributed by atoms with Crippen molar-refractivity contribution in [3.63, 3.8) is 0 Å². The van der Waals surface area contributed by atoms with Gasteiger partial charge >= 0.3 is 12.1 Å². The van der Waals surface area contributed by atoms with Crippen molar-refractivity contribution in [1.29, 1.82) is 0 Å². The number of rotatable bonds is 6. The van der Waals surface area contributed by atoms with E-state index in [0.29, 0.717) is 32.2 Å². The normalized spacial score (nSPS) is 46.5. The van der Waals surface area contributed by atoms with Gasteiger partial charge in [-0.25, -0.2) is 9.59 Å². The molecule has 8 atom stereocenters. The van der Waals surface area contributed by atoms with E-state index in [-0.39, 0.29) is 42.0 Å². The van der Waals surface area contributed by atoms with Gasteiger partial charge in [0.05, 0.1) is 18.8 Å². The average molecular weight is 463 g/mol. The summed E-state index contributed by atoms with van der Waals surface area (Å²) in [7, 11) is 0. The Kier molecular flexibility index (Phi) is 4.76. The Morgan fingerprint density at radius 3 is 2.76 bits per heavy atom. The fraction of sp³-hybridized carbons (Fsp3) is 0.840. The molecule has 3 heterocycles. The molecule has 8 nitrogen and oxygen atoms in total. The van der Waals surface area contributed by atoms with Crippen LogP contribution in [0.25, 0.3) is 0 Å². The van der Waals surface area contributed by atoms with Gasteiger partial charge in [0.25, 0.3) is 0 Å². The fourth-order valence-corrected chi connectivity index (χ4v) is 7.89. The minimum atomic E-state index is -0.668. The van der Waals surface area contributed by atoms with Crippen molar-refractivity contribution in [1.82, 2.24) is 0 Å². The van der Waals surface area contributed by atoms with E-state index in [0.717, 1.165) is 30.4 Å². The standard InChI is InChI=1S/C25H34O8/c1-5-28-8-9-29-22(27)31-20-15(13(2)3)10-19-25(33-19)23(4)7-6-14-16(12-30-21(14)26)17(23)11-18-24(20,25)32-18/h13,15,17-20H,5-12H2,1-4H3/t15-,17-,18-,19-,20+,23-,24+,25+/m0/s1. The molecule has 4 fully saturated rings. The Labute approximate surface area is 194 Å². The molecule has 33 heavy (non-hydrogen) atoms. The first kappa shape index (κ1) is 21.9. The quantitative estimate of drug-likeness (QED) is 0.337. The van der Waals surface area contributed by atoms with Crippen LogP contribution >= 0.6 is 0 Å². The fourth-order valence-electron chi connectivity index (χ4n) is 7.89. The number of epoxide rings is 2. The minimum absolute atomic E-state index is 0.0640. The third-order valence-corrected chi connectivity index (χ3v) is 9.47. The summed E-state index contributed by atoms with van der Waals surface area (Å²) in [6, 6.07) is 0. The molecular formula is C25H34O8. The molecule has 0 aromatic rings. The first-order valence-corrected chi connectivity index (χ1v) is 12.5. The lowest BCUT2D eigenvalue weighted by Gasteiger charge is -2.54. The number of cyclic esters (lactones) is 1. The van der Waals surface area contributed by atoms with Gasteiger partial charge in [0.15, 0.2) is 5.60 Å². The molecule has 0 unspecified atom stereocenters. The Bertz CT molecular complexity index is 912. The molecule has 6 rings (SSSR count). The highest BCUT2D eigenvalue weighted by molar-refractivity contribution is 5.92. The molecule has 182 valence electrons. The first-order valence-electron chi connectivity index (χ1n) is 12.5. The van der Waals surface area contributed by atoms with Crippen molar-refractivity contribution in [2.75, 3.05) is 26.4 Å². The zero-order valence-corrected chi connectivity index (χ0v) is 19.9. The van der Waals surface area contributed by atoms with Crippen LogP contribution in [0.1, 0.15) is 53.4 Å². The number of fused-ring (bicyclic) bond motifs is 2. The summed E-state index contributed by atoms with van der Waals surface area (Å²) >= 11 is 0. The van der Waals surface area contributed by atoms with Gasteiger partial charge < -0.3 is 28.4 Å². The van der Waals surface area contributed by atoms with Gasteiger partial charge in [-0.15, -0.1) is 0 Å². The summed E-state index contributed by atoms with van der Waals surface area (Å²) in [6.07, 6.45) is 2.11. The summed E-state index contributed by atoms with van der Waals surface area (Å²) in [5.74, 6) is 0.461. The lowest BCUT2D eigenvalue weighted by atomic mass is 9.46. The maximum absolute atomic E-state index is 12.7. The van der Waals surface area contributed by atoms with E-state index in [1.54, 1.807) is 0 Å². The number of ether oxygens (including phenoxy) is 6. The van der Waals surface area contributed by atoms with Crippen LogP contribution in [0.15, 0.2) is 11.1 Å². The van der Waals surface area contributed by atoms with Gasteiger partial charge in [-0.1, -0.05) is 20.8 Å². The van der Waals surface area contributed by atoms with E-state index in [2.05, 4.69) is 20.8 Å². The topological polar surface area (TPSA) is 96.1 Å². The van der Waals surface area contributed by atoms with E-state index in [4.69, 9.17) is 28.4 Å². The lowest BCUT2D eigenvalue weighted by molar-refractivity contribution is -0.136. The van der Waals surface area contributed by atoms with Crippen molar-refractivity contribution in [2.24, 2.45) is 23.2 Å². The average Bonchev–Trinajstić information content (AvgIpc) is 3.66. The molecule has 6 aliphatic rings. The first-order chi connectivity index (χ1) is 15.8. The number of hydrogen-bond donors (Lipinski definition) is 0. The van der Waals surface area contributed by atoms with Crippen molar-refractivity contribution < 1.29 is 38.0 Å². The summed E-state index contributed by atoms with van der Waals surface area (Å²) in [5.41, 5.74) is 0.664. The van der Waals surface area contributed by atoms with Gasteiger partial charge in [0, 0.05) is 23.5 Å². The largest absolute Gasteiger partial charge is 0.508 e. The second-order valence-electron chi connectivity index (χ2n) is 11.0. The molecule has 2 saturated heterocycles. The molecule has 0 aromatic heterocycles. The van der Waals surface area contributed by atoms with E-state index in [9.17, 15) is 9.59 Å². The minimum Gasteiger partial charge on any atom is -0.458 e. The second kappa shape index (κ2) is 7.18. The molecule has 0 N–H and O–H groups in total. The van der Waals surface area contributed by atoms with E-state index >= 15 is 0 Å². The van der Waals surface area contributed by atoms with Gasteiger partial charge in [-0.2, -0.15) is 0 Å². The molecule has 0 bridgehead atoms. The van der Waals surface area contributed by atoms with E-state index < -0.39 is 23.5 Å². The molecule has 0 radical (unpaired) electrons. The van der Waals surface area contributed by atoms with Crippen LogP contribution < -0.4 is 0 Å². The Morgan fingerprint density at radius 2 is 2.00 bits per heavy atom. The molecule has 2 spiro atoms. The van der Waals surface area contributed by atoms with Crippen molar-refractivity contribution in [3.8, 4) is 0 Å². The Balaban J connectivity index is 1.31. The number of hydrogen-bond acceptors (Lipinski definition) is 8. The highest BCUT2D eigenvalue weighted by atomic mass is 16.8. The molecule has 3 aliphatic heterocycles. The zero-order chi connectivity index (χ0) is 23.2. The third-order valence-electron chi connectivity index (χ3n) is 9.47. The predicted octanol–water partition coefficient (Wildman–Crippen LogP) is 3.17. The van der Waals surface area contributed by atoms with Crippen LogP contribution in [0.4, 0.5) is 4.79 Å². The summed E-state index contributed by atoms with van der Waals surface area (Å²) in [4.78, 5) is 24.9. The van der Waals surface area contributed by atoms with Gasteiger partial charge in [-0.05, 0) is 50.0 Å². The van der Waals surface area contributed by atoms with E-state index in [1.165, 1.54) is 0 Å². The Morgan fingerprint density at radius 1 is 1.18 bits per heavy atom. The second-order valence-corrected chi connectivity index (χ2v) is 11.0. The molecule has 8 heteroatoms. The van der Waals surface area contributed by atoms with Gasteiger partial charge in [-0.3, -0.25) is 0 Å². The highest BCUT2D eigenvalue weighted by Gasteiger charge is 2.93. The highest BCUT2D eigenvalue weighted by Crippen LogP contribution is 2.79. The monoisotopic (exact) mass is 462 g/mol. The van der Waals surface area contributed by atoms with Crippen LogP contribution in [-0.2, 0) is 33.2 Å². The van der Waals surface area contributed by atoms with Crippen LogP contribution in [-0.4, -0.2) is 68.1 Å². The van der Waals surface area contributed by atoms with Crippen LogP contribution in [0.3, 0.4) is 0 Å². The van der Waals surface area contributed by atoms with Crippen LogP contribution in [0.2, 0.25) is 0 Å². The number of carbonyl (C=O) groups is 2. The van der Waals surface area contributed by atoms with Crippen LogP contribution in [0.5, 0.6) is 0 Å². The predicted molar refractivity (Wildman–Crippen MR) is 114 cm³/mol. The van der Waals surface area contributed by atoms with Gasteiger partial charge in [0.2, 0.25) is 0 Å². The maximum Gasteiger partial charge on any atom is 0.508 e. The molecule has 0 aromatic carbocycles. The molecule has 2 saturated carbocycles. The molecular weight excluding hydrogens is 428 g/mol. The SMILES string of the molecule is CCOCCOC(=O)O[C@@H]1[C@H](C(C)C)C[C@@H]2O[C@]23[C@]12O[C@H]2C[C@H]1C2=C(CC[C@@]13C)C(=O)OC2. The number of esters is 1. The smallest absolute Gasteiger partial charge is 0.458 e.